The number of aromatic nitrogens is 2. The van der Waals surface area contributed by atoms with Crippen molar-refractivity contribution >= 4 is 11.8 Å². The van der Waals surface area contributed by atoms with Gasteiger partial charge in [0.15, 0.2) is 0 Å². The summed E-state index contributed by atoms with van der Waals surface area (Å²) in [4.78, 5) is 8.14. The van der Waals surface area contributed by atoms with Crippen LogP contribution in [0.25, 0.3) is 0 Å². The molecule has 3 nitrogen and oxygen atoms in total. The molecule has 2 aromatic heterocycles. The van der Waals surface area contributed by atoms with Gasteiger partial charge in [-0.05, 0) is 24.5 Å². The van der Waals surface area contributed by atoms with Gasteiger partial charge in [-0.3, -0.25) is 4.98 Å². The summed E-state index contributed by atoms with van der Waals surface area (Å²) in [5, 5.41) is 0.941. The number of thioether (sulfide) groups is 1. The summed E-state index contributed by atoms with van der Waals surface area (Å²) in [6, 6.07) is 7.43. The molecule has 0 atom stereocenters. The zero-order valence-corrected chi connectivity index (χ0v) is 9.07. The predicted octanol–water partition coefficient (Wildman–Crippen LogP) is 2.99. The van der Waals surface area contributed by atoms with Crippen molar-refractivity contribution in [3.8, 4) is 11.5 Å². The Labute approximate surface area is 92.5 Å². The summed E-state index contributed by atoms with van der Waals surface area (Å²) >= 11 is 1.59. The second kappa shape index (κ2) is 4.79. The van der Waals surface area contributed by atoms with Gasteiger partial charge in [0, 0.05) is 18.5 Å². The monoisotopic (exact) mass is 218 g/mol. The maximum absolute atomic E-state index is 5.60. The Kier molecular flexibility index (Phi) is 3.19. The Balaban J connectivity index is 2.17. The van der Waals surface area contributed by atoms with E-state index in [1.165, 1.54) is 0 Å². The molecule has 2 aromatic rings. The van der Waals surface area contributed by atoms with Crippen molar-refractivity contribution in [1.29, 1.82) is 0 Å². The van der Waals surface area contributed by atoms with Gasteiger partial charge < -0.3 is 4.74 Å². The molecule has 0 amide bonds. The van der Waals surface area contributed by atoms with Crippen LogP contribution in [0.3, 0.4) is 0 Å². The number of rotatable bonds is 3. The Morgan fingerprint density at radius 2 is 2.13 bits per heavy atom. The number of ether oxygens (including phenoxy) is 1. The zero-order valence-electron chi connectivity index (χ0n) is 8.25. The maximum atomic E-state index is 5.60. The molecule has 0 fully saturated rings. The van der Waals surface area contributed by atoms with E-state index in [-0.39, 0.29) is 0 Å². The summed E-state index contributed by atoms with van der Waals surface area (Å²) in [5.41, 5.74) is 0. The molecule has 0 aliphatic rings. The van der Waals surface area contributed by atoms with Crippen LogP contribution in [0.4, 0.5) is 0 Å². The van der Waals surface area contributed by atoms with Crippen LogP contribution in [0.2, 0.25) is 0 Å². The van der Waals surface area contributed by atoms with Gasteiger partial charge in [0.2, 0.25) is 0 Å². The van der Waals surface area contributed by atoms with Crippen molar-refractivity contribution in [2.24, 2.45) is 0 Å². The number of nitrogens with zero attached hydrogens (tertiary/aromatic N) is 2. The first kappa shape index (κ1) is 9.98. The SMILES string of the molecule is CSc1cc(Oc2cccnc2)ccn1. The Bertz CT molecular complexity index is 434. The standard InChI is InChI=1S/C11H10N2OS/c1-15-11-7-9(4-6-13-11)14-10-3-2-5-12-8-10/h2-8H,1H3. The van der Waals surface area contributed by atoms with Crippen molar-refractivity contribution in [3.63, 3.8) is 0 Å². The van der Waals surface area contributed by atoms with Gasteiger partial charge in [0.25, 0.3) is 0 Å². The van der Waals surface area contributed by atoms with Gasteiger partial charge in [0.1, 0.15) is 11.5 Å². The van der Waals surface area contributed by atoms with E-state index in [0.717, 1.165) is 16.5 Å². The van der Waals surface area contributed by atoms with E-state index in [0.29, 0.717) is 0 Å². The van der Waals surface area contributed by atoms with Gasteiger partial charge in [-0.15, -0.1) is 11.8 Å². The van der Waals surface area contributed by atoms with Gasteiger partial charge in [0.05, 0.1) is 11.2 Å². The predicted molar refractivity (Wildman–Crippen MR) is 60.3 cm³/mol. The number of hydrogen-bond acceptors (Lipinski definition) is 4. The molecule has 0 aliphatic heterocycles. The topological polar surface area (TPSA) is 35.0 Å². The summed E-state index contributed by atoms with van der Waals surface area (Å²) in [6.45, 7) is 0. The molecule has 0 bridgehead atoms. The minimum Gasteiger partial charge on any atom is -0.456 e. The third kappa shape index (κ3) is 2.70. The Morgan fingerprint density at radius 1 is 1.20 bits per heavy atom. The van der Waals surface area contributed by atoms with E-state index in [9.17, 15) is 0 Å². The molecule has 2 heterocycles. The van der Waals surface area contributed by atoms with E-state index in [4.69, 9.17) is 4.74 Å². The first-order valence-electron chi connectivity index (χ1n) is 4.46. The Morgan fingerprint density at radius 3 is 2.87 bits per heavy atom. The van der Waals surface area contributed by atoms with Gasteiger partial charge in [-0.1, -0.05) is 0 Å². The van der Waals surface area contributed by atoms with Crippen LogP contribution < -0.4 is 4.74 Å². The van der Waals surface area contributed by atoms with E-state index in [1.54, 1.807) is 30.4 Å². The van der Waals surface area contributed by atoms with Crippen LogP contribution in [0, 0.1) is 0 Å². The third-order valence-electron chi connectivity index (χ3n) is 1.79. The average Bonchev–Trinajstić information content (AvgIpc) is 2.31. The molecule has 0 radical (unpaired) electrons. The van der Waals surface area contributed by atoms with Crippen molar-refractivity contribution in [1.82, 2.24) is 9.97 Å². The minimum atomic E-state index is 0.732. The summed E-state index contributed by atoms with van der Waals surface area (Å²) in [7, 11) is 0. The lowest BCUT2D eigenvalue weighted by atomic mass is 10.4. The smallest absolute Gasteiger partial charge is 0.145 e. The fourth-order valence-corrected chi connectivity index (χ4v) is 1.51. The molecule has 0 aliphatic carbocycles. The van der Waals surface area contributed by atoms with Crippen LogP contribution in [0.1, 0.15) is 0 Å². The fourth-order valence-electron chi connectivity index (χ4n) is 1.11. The van der Waals surface area contributed by atoms with Crippen LogP contribution in [0.5, 0.6) is 11.5 Å². The van der Waals surface area contributed by atoms with Crippen molar-refractivity contribution < 1.29 is 4.74 Å². The largest absolute Gasteiger partial charge is 0.456 e. The zero-order chi connectivity index (χ0) is 10.5. The van der Waals surface area contributed by atoms with Crippen molar-refractivity contribution in [3.05, 3.63) is 42.9 Å². The molecule has 0 saturated heterocycles. The van der Waals surface area contributed by atoms with Crippen LogP contribution in [0.15, 0.2) is 47.9 Å². The molecule has 76 valence electrons. The first-order valence-corrected chi connectivity index (χ1v) is 5.69. The summed E-state index contributed by atoms with van der Waals surface area (Å²) in [5.74, 6) is 1.51. The molecule has 0 N–H and O–H groups in total. The summed E-state index contributed by atoms with van der Waals surface area (Å²) < 4.78 is 5.60. The molecule has 0 aromatic carbocycles. The van der Waals surface area contributed by atoms with Gasteiger partial charge in [-0.25, -0.2) is 4.98 Å². The van der Waals surface area contributed by atoms with Crippen LogP contribution in [-0.2, 0) is 0 Å². The van der Waals surface area contributed by atoms with Gasteiger partial charge >= 0.3 is 0 Å². The highest BCUT2D eigenvalue weighted by Crippen LogP contribution is 2.22. The minimum absolute atomic E-state index is 0.732. The second-order valence-corrected chi connectivity index (χ2v) is 3.65. The van der Waals surface area contributed by atoms with Crippen molar-refractivity contribution in [2.45, 2.75) is 5.03 Å². The van der Waals surface area contributed by atoms with E-state index < -0.39 is 0 Å². The molecule has 2 rings (SSSR count). The maximum Gasteiger partial charge on any atom is 0.145 e. The molecule has 0 unspecified atom stereocenters. The van der Waals surface area contributed by atoms with E-state index in [1.807, 2.05) is 30.5 Å². The Hall–Kier alpha value is -1.55. The van der Waals surface area contributed by atoms with Crippen LogP contribution >= 0.6 is 11.8 Å². The molecular weight excluding hydrogens is 208 g/mol. The highest BCUT2D eigenvalue weighted by atomic mass is 32.2. The third-order valence-corrected chi connectivity index (χ3v) is 2.43. The molecular formula is C11H10N2OS. The number of pyridine rings is 2. The number of hydrogen-bond donors (Lipinski definition) is 0. The highest BCUT2D eigenvalue weighted by molar-refractivity contribution is 7.98. The fraction of sp³-hybridized carbons (Fsp3) is 0.0909. The lowest BCUT2D eigenvalue weighted by molar-refractivity contribution is 0.477. The molecule has 0 saturated carbocycles. The van der Waals surface area contributed by atoms with Crippen molar-refractivity contribution in [2.75, 3.05) is 6.26 Å². The molecule has 4 heteroatoms. The van der Waals surface area contributed by atoms with Gasteiger partial charge in [-0.2, -0.15) is 0 Å². The van der Waals surface area contributed by atoms with E-state index in [2.05, 4.69) is 9.97 Å². The quantitative estimate of drug-likeness (QED) is 0.742. The molecule has 15 heavy (non-hydrogen) atoms. The first-order chi connectivity index (χ1) is 7.38. The lowest BCUT2D eigenvalue weighted by Gasteiger charge is -2.05. The summed E-state index contributed by atoms with van der Waals surface area (Å²) in [6.07, 6.45) is 7.11. The van der Waals surface area contributed by atoms with Crippen LogP contribution in [-0.4, -0.2) is 16.2 Å². The highest BCUT2D eigenvalue weighted by Gasteiger charge is 1.98. The average molecular weight is 218 g/mol. The normalized spacial score (nSPS) is 9.93. The lowest BCUT2D eigenvalue weighted by Crippen LogP contribution is -1.86. The molecule has 0 spiro atoms. The van der Waals surface area contributed by atoms with E-state index >= 15 is 0 Å². The second-order valence-electron chi connectivity index (χ2n) is 2.82.